The van der Waals surface area contributed by atoms with Crippen molar-refractivity contribution in [1.82, 2.24) is 10.2 Å². The van der Waals surface area contributed by atoms with Crippen LogP contribution in [0, 0.1) is 0 Å². The Morgan fingerprint density at radius 2 is 1.84 bits per heavy atom. The van der Waals surface area contributed by atoms with E-state index in [9.17, 15) is 9.59 Å². The van der Waals surface area contributed by atoms with Gasteiger partial charge in [0.1, 0.15) is 11.6 Å². The van der Waals surface area contributed by atoms with Gasteiger partial charge in [-0.25, -0.2) is 4.79 Å². The maximum absolute atomic E-state index is 12.2. The SMILES string of the molecule is CC(C)(C)OC(=O)N1CCCC[C@@H]1C(=O)NC1CC1. The van der Waals surface area contributed by atoms with Crippen molar-refractivity contribution in [3.63, 3.8) is 0 Å². The minimum absolute atomic E-state index is 0.0203. The van der Waals surface area contributed by atoms with Gasteiger partial charge in [-0.05, 0) is 52.9 Å². The standard InChI is InChI=1S/C14H24N2O3/c1-14(2,3)19-13(18)16-9-5-4-6-11(16)12(17)15-10-7-8-10/h10-11H,4-9H2,1-3H3,(H,15,17)/t11-/m1/s1. The molecule has 0 aromatic carbocycles. The normalized spacial score (nSPS) is 23.9. The van der Waals surface area contributed by atoms with E-state index in [1.54, 1.807) is 4.90 Å². The second-order valence-corrected chi connectivity index (χ2v) is 6.47. The van der Waals surface area contributed by atoms with E-state index in [0.29, 0.717) is 12.6 Å². The Bertz CT molecular complexity index is 358. The van der Waals surface area contributed by atoms with Crippen LogP contribution >= 0.6 is 0 Å². The smallest absolute Gasteiger partial charge is 0.410 e. The zero-order valence-electron chi connectivity index (χ0n) is 12.1. The van der Waals surface area contributed by atoms with E-state index in [1.807, 2.05) is 20.8 Å². The molecule has 1 saturated carbocycles. The summed E-state index contributed by atoms with van der Waals surface area (Å²) in [7, 11) is 0. The number of rotatable bonds is 2. The molecule has 0 aromatic rings. The molecule has 1 N–H and O–H groups in total. The monoisotopic (exact) mass is 268 g/mol. The fourth-order valence-electron chi connectivity index (χ4n) is 2.27. The van der Waals surface area contributed by atoms with E-state index in [-0.39, 0.29) is 18.0 Å². The molecule has 2 fully saturated rings. The second kappa shape index (κ2) is 5.39. The number of nitrogens with zero attached hydrogens (tertiary/aromatic N) is 1. The van der Waals surface area contributed by atoms with Crippen molar-refractivity contribution < 1.29 is 14.3 Å². The molecule has 0 bridgehead atoms. The molecular formula is C14H24N2O3. The first-order valence-corrected chi connectivity index (χ1v) is 7.17. The molecule has 5 heteroatoms. The molecule has 108 valence electrons. The van der Waals surface area contributed by atoms with Crippen LogP contribution < -0.4 is 5.32 Å². The number of amides is 2. The highest BCUT2D eigenvalue weighted by atomic mass is 16.6. The van der Waals surface area contributed by atoms with Crippen LogP contribution in [0.4, 0.5) is 4.79 Å². The van der Waals surface area contributed by atoms with Gasteiger partial charge >= 0.3 is 6.09 Å². The quantitative estimate of drug-likeness (QED) is 0.834. The zero-order valence-corrected chi connectivity index (χ0v) is 12.1. The minimum atomic E-state index is -0.522. The van der Waals surface area contributed by atoms with Gasteiger partial charge in [0.15, 0.2) is 0 Å². The van der Waals surface area contributed by atoms with E-state index < -0.39 is 5.60 Å². The van der Waals surface area contributed by atoms with Gasteiger partial charge in [0, 0.05) is 12.6 Å². The first kappa shape index (κ1) is 14.2. The molecule has 1 aliphatic carbocycles. The highest BCUT2D eigenvalue weighted by Gasteiger charge is 2.36. The van der Waals surface area contributed by atoms with E-state index >= 15 is 0 Å². The highest BCUT2D eigenvalue weighted by molar-refractivity contribution is 5.86. The summed E-state index contributed by atoms with van der Waals surface area (Å²) in [4.78, 5) is 25.9. The lowest BCUT2D eigenvalue weighted by Crippen LogP contribution is -2.53. The third-order valence-electron chi connectivity index (χ3n) is 3.36. The van der Waals surface area contributed by atoms with Gasteiger partial charge in [-0.1, -0.05) is 0 Å². The van der Waals surface area contributed by atoms with Crippen LogP contribution in [0.1, 0.15) is 52.9 Å². The van der Waals surface area contributed by atoms with E-state index in [1.165, 1.54) is 0 Å². The fraction of sp³-hybridized carbons (Fsp3) is 0.857. The molecule has 1 atom stereocenters. The Kier molecular flexibility index (Phi) is 4.02. The van der Waals surface area contributed by atoms with Gasteiger partial charge < -0.3 is 10.1 Å². The van der Waals surface area contributed by atoms with Crippen molar-refractivity contribution in [2.24, 2.45) is 0 Å². The molecular weight excluding hydrogens is 244 g/mol. The summed E-state index contributed by atoms with van der Waals surface area (Å²) in [6, 6.07) is -0.0286. The second-order valence-electron chi connectivity index (χ2n) is 6.47. The van der Waals surface area contributed by atoms with Crippen LogP contribution in [0.3, 0.4) is 0 Å². The van der Waals surface area contributed by atoms with Crippen LogP contribution in [0.25, 0.3) is 0 Å². The summed E-state index contributed by atoms with van der Waals surface area (Å²) in [5.74, 6) is -0.0203. The molecule has 0 radical (unpaired) electrons. The largest absolute Gasteiger partial charge is 0.444 e. The Hall–Kier alpha value is -1.26. The Labute approximate surface area is 114 Å². The van der Waals surface area contributed by atoms with Gasteiger partial charge in [0.05, 0.1) is 0 Å². The van der Waals surface area contributed by atoms with Gasteiger partial charge in [-0.3, -0.25) is 9.69 Å². The van der Waals surface area contributed by atoms with Crippen molar-refractivity contribution in [1.29, 1.82) is 0 Å². The molecule has 19 heavy (non-hydrogen) atoms. The number of ether oxygens (including phenoxy) is 1. The predicted molar refractivity (Wildman–Crippen MR) is 71.7 cm³/mol. The Balaban J connectivity index is 1.98. The minimum Gasteiger partial charge on any atom is -0.444 e. The van der Waals surface area contributed by atoms with Crippen molar-refractivity contribution in [2.75, 3.05) is 6.54 Å². The summed E-state index contributed by atoms with van der Waals surface area (Å²) in [6.07, 6.45) is 4.41. The zero-order chi connectivity index (χ0) is 14.0. The fourth-order valence-corrected chi connectivity index (χ4v) is 2.27. The third-order valence-corrected chi connectivity index (χ3v) is 3.36. The maximum Gasteiger partial charge on any atom is 0.410 e. The summed E-state index contributed by atoms with van der Waals surface area (Å²) >= 11 is 0. The molecule has 2 rings (SSSR count). The van der Waals surface area contributed by atoms with Gasteiger partial charge in [-0.15, -0.1) is 0 Å². The summed E-state index contributed by atoms with van der Waals surface area (Å²) < 4.78 is 5.39. The van der Waals surface area contributed by atoms with E-state index in [2.05, 4.69) is 5.32 Å². The number of piperidine rings is 1. The number of hydrogen-bond donors (Lipinski definition) is 1. The average molecular weight is 268 g/mol. The molecule has 1 heterocycles. The lowest BCUT2D eigenvalue weighted by Gasteiger charge is -2.35. The summed E-state index contributed by atoms with van der Waals surface area (Å²) in [5.41, 5.74) is -0.522. The number of carbonyl (C=O) groups is 2. The Morgan fingerprint density at radius 1 is 1.16 bits per heavy atom. The maximum atomic E-state index is 12.2. The highest BCUT2D eigenvalue weighted by Crippen LogP contribution is 2.23. The van der Waals surface area contributed by atoms with Crippen molar-refractivity contribution >= 4 is 12.0 Å². The van der Waals surface area contributed by atoms with E-state index in [0.717, 1.165) is 32.1 Å². The van der Waals surface area contributed by atoms with Crippen LogP contribution in [0.5, 0.6) is 0 Å². The molecule has 1 aliphatic heterocycles. The molecule has 0 spiro atoms. The lowest BCUT2D eigenvalue weighted by atomic mass is 10.0. The first-order chi connectivity index (χ1) is 8.87. The van der Waals surface area contributed by atoms with Gasteiger partial charge in [-0.2, -0.15) is 0 Å². The van der Waals surface area contributed by atoms with Crippen LogP contribution in [0.15, 0.2) is 0 Å². The van der Waals surface area contributed by atoms with Crippen LogP contribution in [-0.2, 0) is 9.53 Å². The van der Waals surface area contributed by atoms with Gasteiger partial charge in [0.25, 0.3) is 0 Å². The van der Waals surface area contributed by atoms with Crippen LogP contribution in [0.2, 0.25) is 0 Å². The first-order valence-electron chi connectivity index (χ1n) is 7.17. The summed E-state index contributed by atoms with van der Waals surface area (Å²) in [5, 5.41) is 2.98. The molecule has 5 nitrogen and oxygen atoms in total. The number of nitrogens with one attached hydrogen (secondary N) is 1. The summed E-state index contributed by atoms with van der Waals surface area (Å²) in [6.45, 7) is 6.13. The van der Waals surface area contributed by atoms with E-state index in [4.69, 9.17) is 4.74 Å². The molecule has 2 amide bonds. The molecule has 0 aromatic heterocycles. The van der Waals surface area contributed by atoms with Crippen molar-refractivity contribution in [3.8, 4) is 0 Å². The van der Waals surface area contributed by atoms with Crippen molar-refractivity contribution in [2.45, 2.75) is 70.6 Å². The molecule has 2 aliphatic rings. The average Bonchev–Trinajstić information content (AvgIpc) is 3.10. The molecule has 1 saturated heterocycles. The number of likely N-dealkylation sites (tertiary alicyclic amines) is 1. The lowest BCUT2D eigenvalue weighted by molar-refractivity contribution is -0.127. The number of hydrogen-bond acceptors (Lipinski definition) is 3. The Morgan fingerprint density at radius 3 is 2.42 bits per heavy atom. The molecule has 0 unspecified atom stereocenters. The topological polar surface area (TPSA) is 58.6 Å². The predicted octanol–water partition coefficient (Wildman–Crippen LogP) is 2.05. The third kappa shape index (κ3) is 4.11. The van der Waals surface area contributed by atoms with Crippen LogP contribution in [-0.4, -0.2) is 41.1 Å². The number of carbonyl (C=O) groups excluding carboxylic acids is 2. The van der Waals surface area contributed by atoms with Crippen molar-refractivity contribution in [3.05, 3.63) is 0 Å². The van der Waals surface area contributed by atoms with Gasteiger partial charge in [0.2, 0.25) is 5.91 Å².